The van der Waals surface area contributed by atoms with Gasteiger partial charge in [0.1, 0.15) is 0 Å². The van der Waals surface area contributed by atoms with Crippen LogP contribution >= 0.6 is 23.1 Å². The van der Waals surface area contributed by atoms with E-state index in [1.807, 2.05) is 31.4 Å². The third kappa shape index (κ3) is 4.24. The molecule has 0 aliphatic heterocycles. The highest BCUT2D eigenvalue weighted by atomic mass is 32.2. The Balaban J connectivity index is 1.81. The molecule has 3 aromatic rings. The van der Waals surface area contributed by atoms with E-state index < -0.39 is 0 Å². The normalized spacial score (nSPS) is 10.7. The second-order valence-electron chi connectivity index (χ2n) is 5.59. The van der Waals surface area contributed by atoms with Crippen LogP contribution < -0.4 is 4.90 Å². The van der Waals surface area contributed by atoms with Gasteiger partial charge in [-0.2, -0.15) is 0 Å². The fraction of sp³-hybridized carbons (Fsp3) is 0.222. The number of thioether (sulfide) groups is 1. The molecule has 5 nitrogen and oxygen atoms in total. The van der Waals surface area contributed by atoms with Crippen molar-refractivity contribution >= 4 is 39.8 Å². The van der Waals surface area contributed by atoms with E-state index in [0.29, 0.717) is 10.9 Å². The van der Waals surface area contributed by atoms with Gasteiger partial charge in [0, 0.05) is 30.5 Å². The van der Waals surface area contributed by atoms with E-state index in [9.17, 15) is 4.79 Å². The van der Waals surface area contributed by atoms with Crippen LogP contribution in [0.2, 0.25) is 0 Å². The Labute approximate surface area is 155 Å². The lowest BCUT2D eigenvalue weighted by Gasteiger charge is -2.20. The molecule has 128 valence electrons. The Hall–Kier alpha value is -2.25. The molecular formula is C18H18N4OS2. The Morgan fingerprint density at radius 2 is 2.00 bits per heavy atom. The van der Waals surface area contributed by atoms with E-state index in [1.54, 1.807) is 30.3 Å². The molecule has 25 heavy (non-hydrogen) atoms. The van der Waals surface area contributed by atoms with Gasteiger partial charge in [0.15, 0.2) is 10.3 Å². The number of carbonyl (C=O) groups is 1. The minimum Gasteiger partial charge on any atom is -0.274 e. The highest BCUT2D eigenvalue weighted by Crippen LogP contribution is 2.32. The topological polar surface area (TPSA) is 59.0 Å². The maximum Gasteiger partial charge on any atom is 0.230 e. The molecule has 0 spiro atoms. The molecule has 0 aliphatic carbocycles. The van der Waals surface area contributed by atoms with Gasteiger partial charge in [0.2, 0.25) is 5.91 Å². The molecule has 3 rings (SSSR count). The summed E-state index contributed by atoms with van der Waals surface area (Å²) in [4.78, 5) is 26.9. The quantitative estimate of drug-likeness (QED) is 0.488. The largest absolute Gasteiger partial charge is 0.274 e. The molecule has 0 atom stereocenters. The van der Waals surface area contributed by atoms with Gasteiger partial charge < -0.3 is 0 Å². The summed E-state index contributed by atoms with van der Waals surface area (Å²) < 4.78 is 0. The number of rotatable bonds is 5. The van der Waals surface area contributed by atoms with Gasteiger partial charge in [-0.1, -0.05) is 29.5 Å². The van der Waals surface area contributed by atoms with Crippen molar-refractivity contribution in [3.8, 4) is 0 Å². The lowest BCUT2D eigenvalue weighted by atomic mass is 10.1. The molecule has 0 unspecified atom stereocenters. The zero-order valence-electron chi connectivity index (χ0n) is 14.3. The van der Waals surface area contributed by atoms with Crippen molar-refractivity contribution in [1.29, 1.82) is 0 Å². The van der Waals surface area contributed by atoms with Gasteiger partial charge in [0.05, 0.1) is 11.4 Å². The standard InChI is InChI=1S/C18H18N4OS2/c1-12-5-6-16(13(2)9-12)22(14(3)23)18-21-15(11-25-18)10-24-17-19-7-4-8-20-17/h4-9,11H,10H2,1-3H3. The Bertz CT molecular complexity index is 880. The van der Waals surface area contributed by atoms with Crippen LogP contribution in [0.1, 0.15) is 23.7 Å². The maximum atomic E-state index is 12.2. The van der Waals surface area contributed by atoms with Gasteiger partial charge in [-0.15, -0.1) is 11.3 Å². The van der Waals surface area contributed by atoms with Gasteiger partial charge in [0.25, 0.3) is 0 Å². The van der Waals surface area contributed by atoms with Gasteiger partial charge in [-0.3, -0.25) is 9.69 Å². The van der Waals surface area contributed by atoms with Crippen LogP contribution in [0, 0.1) is 13.8 Å². The average Bonchev–Trinajstić information content (AvgIpc) is 3.04. The second kappa shape index (κ2) is 7.76. The van der Waals surface area contributed by atoms with Crippen molar-refractivity contribution in [2.24, 2.45) is 0 Å². The highest BCUT2D eigenvalue weighted by Gasteiger charge is 2.19. The van der Waals surface area contributed by atoms with Gasteiger partial charge in [-0.05, 0) is 31.5 Å². The summed E-state index contributed by atoms with van der Waals surface area (Å²) in [5, 5.41) is 3.38. The first kappa shape index (κ1) is 17.6. The minimum atomic E-state index is -0.0492. The molecule has 0 fully saturated rings. The molecule has 0 N–H and O–H groups in total. The molecule has 0 radical (unpaired) electrons. The van der Waals surface area contributed by atoms with Crippen LogP contribution in [0.5, 0.6) is 0 Å². The predicted molar refractivity (Wildman–Crippen MR) is 102 cm³/mol. The molecular weight excluding hydrogens is 352 g/mol. The van der Waals surface area contributed by atoms with Crippen molar-refractivity contribution in [3.63, 3.8) is 0 Å². The third-order valence-electron chi connectivity index (χ3n) is 3.53. The highest BCUT2D eigenvalue weighted by molar-refractivity contribution is 7.98. The van der Waals surface area contributed by atoms with Crippen molar-refractivity contribution in [1.82, 2.24) is 15.0 Å². The Kier molecular flexibility index (Phi) is 5.45. The minimum absolute atomic E-state index is 0.0492. The van der Waals surface area contributed by atoms with Gasteiger partial charge in [-0.25, -0.2) is 15.0 Å². The summed E-state index contributed by atoms with van der Waals surface area (Å²) in [7, 11) is 0. The number of anilines is 2. The lowest BCUT2D eigenvalue weighted by Crippen LogP contribution is -2.23. The smallest absolute Gasteiger partial charge is 0.230 e. The molecule has 0 aliphatic rings. The summed E-state index contributed by atoms with van der Waals surface area (Å²) in [6.07, 6.45) is 3.44. The van der Waals surface area contributed by atoms with Crippen LogP contribution in [0.3, 0.4) is 0 Å². The van der Waals surface area contributed by atoms with Crippen LogP contribution in [0.15, 0.2) is 47.2 Å². The van der Waals surface area contributed by atoms with Crippen LogP contribution in [-0.4, -0.2) is 20.9 Å². The van der Waals surface area contributed by atoms with E-state index in [-0.39, 0.29) is 5.91 Å². The molecule has 7 heteroatoms. The third-order valence-corrected chi connectivity index (χ3v) is 5.31. The number of amides is 1. The summed E-state index contributed by atoms with van der Waals surface area (Å²) in [5.41, 5.74) is 4.01. The van der Waals surface area contributed by atoms with Crippen molar-refractivity contribution in [2.75, 3.05) is 4.90 Å². The Morgan fingerprint density at radius 1 is 1.24 bits per heavy atom. The van der Waals surface area contributed by atoms with E-state index in [2.05, 4.69) is 21.0 Å². The van der Waals surface area contributed by atoms with Crippen molar-refractivity contribution in [2.45, 2.75) is 31.7 Å². The molecule has 2 aromatic heterocycles. The lowest BCUT2D eigenvalue weighted by molar-refractivity contribution is -0.115. The first-order valence-corrected chi connectivity index (χ1v) is 9.63. The monoisotopic (exact) mass is 370 g/mol. The first-order valence-electron chi connectivity index (χ1n) is 7.77. The summed E-state index contributed by atoms with van der Waals surface area (Å²) in [6.45, 7) is 5.61. The predicted octanol–water partition coefficient (Wildman–Crippen LogP) is 4.53. The number of aromatic nitrogens is 3. The zero-order chi connectivity index (χ0) is 17.8. The summed E-state index contributed by atoms with van der Waals surface area (Å²) in [6, 6.07) is 7.84. The molecule has 0 saturated carbocycles. The SMILES string of the molecule is CC(=O)N(c1nc(CSc2ncccn2)cs1)c1ccc(C)cc1C. The number of hydrogen-bond donors (Lipinski definition) is 0. The van der Waals surface area contributed by atoms with Gasteiger partial charge >= 0.3 is 0 Å². The number of aryl methyl sites for hydroxylation is 2. The van der Waals surface area contributed by atoms with Crippen molar-refractivity contribution in [3.05, 3.63) is 58.9 Å². The number of nitrogens with zero attached hydrogens (tertiary/aromatic N) is 4. The van der Waals surface area contributed by atoms with Crippen LogP contribution in [0.25, 0.3) is 0 Å². The van der Waals surface area contributed by atoms with E-state index in [4.69, 9.17) is 0 Å². The van der Waals surface area contributed by atoms with Crippen LogP contribution in [0.4, 0.5) is 10.8 Å². The fourth-order valence-corrected chi connectivity index (χ4v) is 4.11. The first-order chi connectivity index (χ1) is 12.0. The second-order valence-corrected chi connectivity index (χ2v) is 7.36. The molecule has 0 saturated heterocycles. The molecule has 0 bridgehead atoms. The average molecular weight is 371 g/mol. The molecule has 1 aromatic carbocycles. The maximum absolute atomic E-state index is 12.2. The van der Waals surface area contributed by atoms with Crippen LogP contribution in [-0.2, 0) is 10.5 Å². The Morgan fingerprint density at radius 3 is 2.68 bits per heavy atom. The number of thiazole rings is 1. The summed E-state index contributed by atoms with van der Waals surface area (Å²) >= 11 is 3.00. The number of hydrogen-bond acceptors (Lipinski definition) is 6. The molecule has 1 amide bonds. The molecule has 2 heterocycles. The van der Waals surface area contributed by atoms with E-state index >= 15 is 0 Å². The van der Waals surface area contributed by atoms with E-state index in [1.165, 1.54) is 28.7 Å². The van der Waals surface area contributed by atoms with E-state index in [0.717, 1.165) is 22.1 Å². The zero-order valence-corrected chi connectivity index (χ0v) is 15.9. The number of carbonyl (C=O) groups excluding carboxylic acids is 1. The van der Waals surface area contributed by atoms with Crippen molar-refractivity contribution < 1.29 is 4.79 Å². The number of benzene rings is 1. The summed E-state index contributed by atoms with van der Waals surface area (Å²) in [5.74, 6) is 0.617. The fourth-order valence-electron chi connectivity index (χ4n) is 2.43.